The lowest BCUT2D eigenvalue weighted by molar-refractivity contribution is -0.160. The van der Waals surface area contributed by atoms with E-state index in [9.17, 15) is 9.90 Å². The molecule has 2 aliphatic rings. The van der Waals surface area contributed by atoms with Crippen molar-refractivity contribution in [3.63, 3.8) is 0 Å². The second-order valence-electron chi connectivity index (χ2n) is 11.6. The van der Waals surface area contributed by atoms with Crippen molar-refractivity contribution in [1.29, 1.82) is 0 Å². The monoisotopic (exact) mass is 414 g/mol. The molecule has 168 valence electrons. The maximum Gasteiger partial charge on any atom is 0.309 e. The number of hydrogen-bond acceptors (Lipinski definition) is 2. The Bertz CT molecular complexity index is 704. The zero-order chi connectivity index (χ0) is 22.1. The van der Waals surface area contributed by atoms with E-state index >= 15 is 0 Å². The second-order valence-corrected chi connectivity index (χ2v) is 11.6. The number of carboxylic acid groups (broad SMARTS) is 1. The summed E-state index contributed by atoms with van der Waals surface area (Å²) in [6.07, 6.45) is 5.94. The minimum Gasteiger partial charge on any atom is -0.481 e. The SMILES string of the molecule is CC(C)CC(c1ccc(COC2(C)CC3CC(C2)CC(C)(C(=O)O)C3)cc1)C(C)C. The Kier molecular flexibility index (Phi) is 7.01. The van der Waals surface area contributed by atoms with Gasteiger partial charge in [0.25, 0.3) is 0 Å². The first kappa shape index (κ1) is 23.3. The topological polar surface area (TPSA) is 46.5 Å². The van der Waals surface area contributed by atoms with Crippen molar-refractivity contribution in [2.75, 3.05) is 0 Å². The molecule has 2 fully saturated rings. The fourth-order valence-corrected chi connectivity index (χ4v) is 6.32. The molecule has 0 radical (unpaired) electrons. The molecular formula is C27H42O3. The summed E-state index contributed by atoms with van der Waals surface area (Å²) in [7, 11) is 0. The summed E-state index contributed by atoms with van der Waals surface area (Å²) in [5.74, 6) is 2.26. The standard InChI is InChI=1S/C27H42O3/c1-18(2)11-24(19(3)4)23-9-7-20(8-10-23)17-30-27(6)15-21-12-22(16-27)14-26(5,13-21)25(28)29/h7-10,18-19,21-22,24H,11-17H2,1-6H3,(H,28,29). The number of ether oxygens (including phenoxy) is 1. The number of benzene rings is 1. The Morgan fingerprint density at radius 2 is 1.60 bits per heavy atom. The molecule has 0 saturated heterocycles. The van der Waals surface area contributed by atoms with Gasteiger partial charge in [0.2, 0.25) is 0 Å². The Morgan fingerprint density at radius 3 is 2.07 bits per heavy atom. The highest BCUT2D eigenvalue weighted by Gasteiger charge is 2.49. The van der Waals surface area contributed by atoms with Crippen LogP contribution in [0.15, 0.2) is 24.3 Å². The Labute approximate surface area is 183 Å². The van der Waals surface area contributed by atoms with Gasteiger partial charge in [0, 0.05) is 0 Å². The molecule has 3 atom stereocenters. The third-order valence-electron chi connectivity index (χ3n) is 7.63. The van der Waals surface area contributed by atoms with Crippen molar-refractivity contribution in [1.82, 2.24) is 0 Å². The van der Waals surface area contributed by atoms with E-state index in [2.05, 4.69) is 58.9 Å². The average Bonchev–Trinajstić information content (AvgIpc) is 2.63. The Hall–Kier alpha value is -1.35. The van der Waals surface area contributed by atoms with Crippen LogP contribution in [0.5, 0.6) is 0 Å². The normalized spacial score (nSPS) is 32.4. The number of rotatable bonds is 8. The molecule has 3 nitrogen and oxygen atoms in total. The summed E-state index contributed by atoms with van der Waals surface area (Å²) < 4.78 is 6.49. The second kappa shape index (κ2) is 9.02. The molecular weight excluding hydrogens is 372 g/mol. The predicted octanol–water partition coefficient (Wildman–Crippen LogP) is 7.05. The van der Waals surface area contributed by atoms with Gasteiger partial charge in [0.15, 0.2) is 0 Å². The number of aliphatic carboxylic acids is 1. The maximum absolute atomic E-state index is 11.7. The highest BCUT2D eigenvalue weighted by atomic mass is 16.5. The summed E-state index contributed by atoms with van der Waals surface area (Å²) in [6, 6.07) is 9.06. The summed E-state index contributed by atoms with van der Waals surface area (Å²) in [4.78, 5) is 11.7. The Morgan fingerprint density at radius 1 is 1.03 bits per heavy atom. The first-order valence-electron chi connectivity index (χ1n) is 12.0. The van der Waals surface area contributed by atoms with Gasteiger partial charge in [-0.05, 0) is 93.1 Å². The van der Waals surface area contributed by atoms with Crippen molar-refractivity contribution in [3.05, 3.63) is 35.4 Å². The van der Waals surface area contributed by atoms with Crippen molar-refractivity contribution in [2.24, 2.45) is 29.1 Å². The quantitative estimate of drug-likeness (QED) is 0.496. The molecule has 30 heavy (non-hydrogen) atoms. The van der Waals surface area contributed by atoms with Gasteiger partial charge in [-0.1, -0.05) is 52.0 Å². The number of carbonyl (C=O) groups is 1. The lowest BCUT2D eigenvalue weighted by atomic mass is 9.58. The van der Waals surface area contributed by atoms with Crippen LogP contribution in [0.1, 0.15) is 97.1 Å². The zero-order valence-corrected chi connectivity index (χ0v) is 19.9. The van der Waals surface area contributed by atoms with E-state index < -0.39 is 11.4 Å². The van der Waals surface area contributed by atoms with Crippen LogP contribution in [0.25, 0.3) is 0 Å². The van der Waals surface area contributed by atoms with Crippen molar-refractivity contribution in [3.8, 4) is 0 Å². The molecule has 3 unspecified atom stereocenters. The van der Waals surface area contributed by atoms with E-state index in [1.807, 2.05) is 6.92 Å². The predicted molar refractivity (Wildman–Crippen MR) is 122 cm³/mol. The smallest absolute Gasteiger partial charge is 0.309 e. The number of carboxylic acids is 1. The summed E-state index contributed by atoms with van der Waals surface area (Å²) in [6.45, 7) is 14.1. The summed E-state index contributed by atoms with van der Waals surface area (Å²) in [5, 5.41) is 9.65. The van der Waals surface area contributed by atoms with Crippen LogP contribution in [0, 0.1) is 29.1 Å². The molecule has 2 saturated carbocycles. The van der Waals surface area contributed by atoms with Crippen molar-refractivity contribution in [2.45, 2.75) is 98.2 Å². The molecule has 2 aliphatic carbocycles. The lowest BCUT2D eigenvalue weighted by Crippen LogP contribution is -2.47. The summed E-state index contributed by atoms with van der Waals surface area (Å²) in [5.41, 5.74) is 1.99. The van der Waals surface area contributed by atoms with Crippen molar-refractivity contribution >= 4 is 5.97 Å². The fraction of sp³-hybridized carbons (Fsp3) is 0.741. The van der Waals surface area contributed by atoms with Crippen LogP contribution in [0.2, 0.25) is 0 Å². The van der Waals surface area contributed by atoms with Gasteiger partial charge in [0.1, 0.15) is 0 Å². The molecule has 1 aromatic carbocycles. The van der Waals surface area contributed by atoms with Gasteiger partial charge in [-0.2, -0.15) is 0 Å². The highest BCUT2D eigenvalue weighted by molar-refractivity contribution is 5.74. The van der Waals surface area contributed by atoms with Crippen LogP contribution in [0.3, 0.4) is 0 Å². The molecule has 0 amide bonds. The van der Waals surface area contributed by atoms with Gasteiger partial charge in [0.05, 0.1) is 17.6 Å². The van der Waals surface area contributed by atoms with Gasteiger partial charge < -0.3 is 9.84 Å². The highest BCUT2D eigenvalue weighted by Crippen LogP contribution is 2.52. The van der Waals surface area contributed by atoms with Crippen LogP contribution in [0.4, 0.5) is 0 Å². The van der Waals surface area contributed by atoms with E-state index in [4.69, 9.17) is 4.74 Å². The van der Waals surface area contributed by atoms with E-state index in [1.165, 1.54) is 24.0 Å². The molecule has 1 N–H and O–H groups in total. The van der Waals surface area contributed by atoms with E-state index in [0.29, 0.717) is 36.2 Å². The van der Waals surface area contributed by atoms with Gasteiger partial charge in [-0.25, -0.2) is 0 Å². The summed E-state index contributed by atoms with van der Waals surface area (Å²) >= 11 is 0. The molecule has 0 heterocycles. The molecule has 3 heteroatoms. The van der Waals surface area contributed by atoms with Crippen LogP contribution < -0.4 is 0 Å². The average molecular weight is 415 g/mol. The molecule has 2 bridgehead atoms. The van der Waals surface area contributed by atoms with Gasteiger partial charge in [-0.15, -0.1) is 0 Å². The van der Waals surface area contributed by atoms with Gasteiger partial charge >= 0.3 is 5.97 Å². The minimum atomic E-state index is -0.626. The van der Waals surface area contributed by atoms with Crippen LogP contribution in [-0.2, 0) is 16.1 Å². The lowest BCUT2D eigenvalue weighted by Gasteiger charge is -2.49. The van der Waals surface area contributed by atoms with E-state index in [-0.39, 0.29) is 5.60 Å². The third kappa shape index (κ3) is 5.46. The van der Waals surface area contributed by atoms with Crippen molar-refractivity contribution < 1.29 is 14.6 Å². The molecule has 0 spiro atoms. The first-order valence-corrected chi connectivity index (χ1v) is 12.0. The maximum atomic E-state index is 11.7. The first-order chi connectivity index (χ1) is 14.0. The molecule has 1 aromatic rings. The molecule has 0 aliphatic heterocycles. The number of fused-ring (bicyclic) bond motifs is 2. The molecule has 3 rings (SSSR count). The fourth-order valence-electron chi connectivity index (χ4n) is 6.32. The van der Waals surface area contributed by atoms with Crippen LogP contribution >= 0.6 is 0 Å². The van der Waals surface area contributed by atoms with Crippen LogP contribution in [-0.4, -0.2) is 16.7 Å². The van der Waals surface area contributed by atoms with Gasteiger partial charge in [-0.3, -0.25) is 4.79 Å². The Balaban J connectivity index is 1.60. The number of hydrogen-bond donors (Lipinski definition) is 1. The minimum absolute atomic E-state index is 0.135. The van der Waals surface area contributed by atoms with E-state index in [0.717, 1.165) is 25.7 Å². The third-order valence-corrected chi connectivity index (χ3v) is 7.63. The molecule has 0 aromatic heterocycles. The largest absolute Gasteiger partial charge is 0.481 e. The van der Waals surface area contributed by atoms with E-state index in [1.54, 1.807) is 0 Å². The zero-order valence-electron chi connectivity index (χ0n) is 19.9.